The highest BCUT2D eigenvalue weighted by Gasteiger charge is 2.33. The van der Waals surface area contributed by atoms with Gasteiger partial charge in [-0.2, -0.15) is 5.26 Å². The fraction of sp³-hybridized carbons (Fsp3) is 0.333. The van der Waals surface area contributed by atoms with Crippen molar-refractivity contribution in [2.45, 2.75) is 49.4 Å². The third kappa shape index (κ3) is 5.52. The molecule has 33 heavy (non-hydrogen) atoms. The molecule has 1 aliphatic rings. The molecule has 1 aromatic heterocycles. The van der Waals surface area contributed by atoms with E-state index in [4.69, 9.17) is 4.74 Å². The fourth-order valence-electron chi connectivity index (χ4n) is 3.88. The first-order valence-electron chi connectivity index (χ1n) is 10.8. The van der Waals surface area contributed by atoms with E-state index in [-0.39, 0.29) is 24.0 Å². The first-order valence-corrected chi connectivity index (χ1v) is 11.8. The van der Waals surface area contributed by atoms with Crippen LogP contribution in [0.5, 0.6) is 5.75 Å². The lowest BCUT2D eigenvalue weighted by Crippen LogP contribution is -2.49. The van der Waals surface area contributed by atoms with Crippen LogP contribution in [0.3, 0.4) is 0 Å². The van der Waals surface area contributed by atoms with Crippen LogP contribution < -0.4 is 10.1 Å². The van der Waals surface area contributed by atoms with Gasteiger partial charge in [-0.15, -0.1) is 10.2 Å². The highest BCUT2D eigenvalue weighted by atomic mass is 32.2. The molecule has 0 unspecified atom stereocenters. The van der Waals surface area contributed by atoms with Crippen LogP contribution in [-0.4, -0.2) is 32.0 Å². The van der Waals surface area contributed by atoms with Crippen molar-refractivity contribution in [2.75, 3.05) is 5.75 Å². The molecule has 0 bridgehead atoms. The molecule has 0 radical (unpaired) electrons. The summed E-state index contributed by atoms with van der Waals surface area (Å²) in [6.07, 6.45) is 4.32. The van der Waals surface area contributed by atoms with E-state index in [0.717, 1.165) is 24.9 Å². The van der Waals surface area contributed by atoms with Gasteiger partial charge in [0.1, 0.15) is 12.1 Å². The Balaban J connectivity index is 1.49. The van der Waals surface area contributed by atoms with E-state index >= 15 is 0 Å². The maximum Gasteiger partial charge on any atom is 0.231 e. The number of nitrogens with one attached hydrogen (secondary N) is 1. The maximum atomic E-state index is 13.9. The average molecular weight is 466 g/mol. The quantitative estimate of drug-likeness (QED) is 0.495. The molecule has 0 aliphatic heterocycles. The first kappa shape index (κ1) is 22.8. The van der Waals surface area contributed by atoms with Gasteiger partial charge < -0.3 is 10.1 Å². The summed E-state index contributed by atoms with van der Waals surface area (Å²) in [7, 11) is 0. The zero-order chi connectivity index (χ0) is 23.1. The van der Waals surface area contributed by atoms with Crippen molar-refractivity contribution in [3.05, 3.63) is 66.2 Å². The predicted molar refractivity (Wildman–Crippen MR) is 122 cm³/mol. The van der Waals surface area contributed by atoms with Gasteiger partial charge in [-0.25, -0.2) is 4.39 Å². The number of thioether (sulfide) groups is 1. The van der Waals surface area contributed by atoms with Crippen molar-refractivity contribution in [1.29, 1.82) is 5.26 Å². The summed E-state index contributed by atoms with van der Waals surface area (Å²) < 4.78 is 21.4. The van der Waals surface area contributed by atoms with Crippen molar-refractivity contribution < 1.29 is 13.9 Å². The lowest BCUT2D eigenvalue weighted by atomic mass is 9.83. The first-order chi connectivity index (χ1) is 16.1. The van der Waals surface area contributed by atoms with Gasteiger partial charge in [0.15, 0.2) is 22.5 Å². The number of aromatic nitrogens is 3. The number of carbonyl (C=O) groups is 1. The second-order valence-electron chi connectivity index (χ2n) is 7.88. The summed E-state index contributed by atoms with van der Waals surface area (Å²) in [6.45, 7) is 0.00707. The van der Waals surface area contributed by atoms with E-state index in [1.54, 1.807) is 22.8 Å². The summed E-state index contributed by atoms with van der Waals surface area (Å²) in [4.78, 5) is 12.6. The van der Waals surface area contributed by atoms with Crippen molar-refractivity contribution in [1.82, 2.24) is 20.1 Å². The number of nitriles is 1. The Hall–Kier alpha value is -3.38. The highest BCUT2D eigenvalue weighted by Crippen LogP contribution is 2.28. The van der Waals surface area contributed by atoms with Crippen molar-refractivity contribution in [3.8, 4) is 17.5 Å². The lowest BCUT2D eigenvalue weighted by molar-refractivity contribution is -0.120. The average Bonchev–Trinajstić information content (AvgIpc) is 3.26. The van der Waals surface area contributed by atoms with Crippen molar-refractivity contribution in [2.24, 2.45) is 0 Å². The number of benzene rings is 2. The van der Waals surface area contributed by atoms with Gasteiger partial charge >= 0.3 is 0 Å². The Kier molecular flexibility index (Phi) is 7.25. The standard InChI is InChI=1S/C24H24FN5O2S/c25-19-11-5-6-12-20(19)32-15-21-28-29-23(30(21)18-9-3-1-4-10-18)33-16-22(31)27-24(17-26)13-7-2-8-14-24/h1,3-6,9-12H,2,7-8,13-16H2,(H,27,31). The molecule has 3 aromatic rings. The third-order valence-electron chi connectivity index (χ3n) is 5.54. The summed E-state index contributed by atoms with van der Waals surface area (Å²) in [6, 6.07) is 17.9. The van der Waals surface area contributed by atoms with E-state index in [2.05, 4.69) is 21.6 Å². The zero-order valence-electron chi connectivity index (χ0n) is 18.0. The number of rotatable bonds is 8. The molecule has 1 fully saturated rings. The number of ether oxygens (including phenoxy) is 1. The second-order valence-corrected chi connectivity index (χ2v) is 8.82. The zero-order valence-corrected chi connectivity index (χ0v) is 18.9. The largest absolute Gasteiger partial charge is 0.483 e. The molecular weight excluding hydrogens is 441 g/mol. The number of halogens is 1. The van der Waals surface area contributed by atoms with E-state index < -0.39 is 11.4 Å². The van der Waals surface area contributed by atoms with Crippen LogP contribution in [0.25, 0.3) is 5.69 Å². The molecule has 170 valence electrons. The number of para-hydroxylation sites is 2. The van der Waals surface area contributed by atoms with Crippen molar-refractivity contribution in [3.63, 3.8) is 0 Å². The minimum absolute atomic E-state index is 0.00707. The number of carbonyl (C=O) groups excluding carboxylic acids is 1. The Morgan fingerprint density at radius 2 is 1.85 bits per heavy atom. The Morgan fingerprint density at radius 3 is 2.58 bits per heavy atom. The molecule has 1 saturated carbocycles. The maximum absolute atomic E-state index is 13.9. The summed E-state index contributed by atoms with van der Waals surface area (Å²) in [5.41, 5.74) is 0.0280. The Bertz CT molecular complexity index is 1140. The van der Waals surface area contributed by atoms with E-state index in [0.29, 0.717) is 23.8 Å². The van der Waals surface area contributed by atoms with Gasteiger partial charge in [0.25, 0.3) is 0 Å². The second kappa shape index (κ2) is 10.5. The molecule has 0 saturated heterocycles. The molecule has 4 rings (SSSR count). The van der Waals surface area contributed by atoms with Gasteiger partial charge in [0, 0.05) is 5.69 Å². The number of hydrogen-bond donors (Lipinski definition) is 1. The molecule has 1 N–H and O–H groups in total. The summed E-state index contributed by atoms with van der Waals surface area (Å²) in [5, 5.41) is 21.5. The molecule has 0 atom stereocenters. The Morgan fingerprint density at radius 1 is 1.12 bits per heavy atom. The van der Waals surface area contributed by atoms with Crippen molar-refractivity contribution >= 4 is 17.7 Å². The van der Waals surface area contributed by atoms with Gasteiger partial charge in [-0.05, 0) is 37.1 Å². The number of amides is 1. The van der Waals surface area contributed by atoms with E-state index in [1.165, 1.54) is 17.8 Å². The van der Waals surface area contributed by atoms with Crippen LogP contribution in [0.2, 0.25) is 0 Å². The molecule has 1 aliphatic carbocycles. The smallest absolute Gasteiger partial charge is 0.231 e. The van der Waals surface area contributed by atoms with Gasteiger partial charge in [0.2, 0.25) is 5.91 Å². The molecule has 1 heterocycles. The van der Waals surface area contributed by atoms with Crippen LogP contribution in [-0.2, 0) is 11.4 Å². The molecule has 1 amide bonds. The molecule has 0 spiro atoms. The van der Waals surface area contributed by atoms with Crippen LogP contribution in [0.15, 0.2) is 59.8 Å². The SMILES string of the molecule is N#CC1(NC(=O)CSc2nnc(COc3ccccc3F)n2-c2ccccc2)CCCCC1. The van der Waals surface area contributed by atoms with E-state index in [1.807, 2.05) is 30.3 Å². The molecule has 9 heteroatoms. The molecule has 7 nitrogen and oxygen atoms in total. The minimum atomic E-state index is -0.776. The van der Waals surface area contributed by atoms with Crippen LogP contribution >= 0.6 is 11.8 Å². The number of hydrogen-bond acceptors (Lipinski definition) is 6. The van der Waals surface area contributed by atoms with E-state index in [9.17, 15) is 14.4 Å². The summed E-state index contributed by atoms with van der Waals surface area (Å²) in [5.74, 6) is 0.0396. The van der Waals surface area contributed by atoms with Gasteiger partial charge in [0.05, 0.1) is 11.8 Å². The summed E-state index contributed by atoms with van der Waals surface area (Å²) >= 11 is 1.23. The highest BCUT2D eigenvalue weighted by molar-refractivity contribution is 7.99. The minimum Gasteiger partial charge on any atom is -0.483 e. The monoisotopic (exact) mass is 465 g/mol. The van der Waals surface area contributed by atoms with Gasteiger partial charge in [-0.1, -0.05) is 61.4 Å². The Labute approximate surface area is 196 Å². The molecule has 2 aromatic carbocycles. The topological polar surface area (TPSA) is 92.8 Å². The molecular formula is C24H24FN5O2S. The third-order valence-corrected chi connectivity index (χ3v) is 6.47. The normalized spacial score (nSPS) is 14.9. The lowest BCUT2D eigenvalue weighted by Gasteiger charge is -2.31. The van der Waals surface area contributed by atoms with Crippen LogP contribution in [0.1, 0.15) is 37.9 Å². The predicted octanol–water partition coefficient (Wildman–Crippen LogP) is 4.42. The fourth-order valence-corrected chi connectivity index (χ4v) is 4.65. The van der Waals surface area contributed by atoms with Crippen LogP contribution in [0.4, 0.5) is 4.39 Å². The van der Waals surface area contributed by atoms with Gasteiger partial charge in [-0.3, -0.25) is 9.36 Å². The number of nitrogens with zero attached hydrogens (tertiary/aromatic N) is 4. The van der Waals surface area contributed by atoms with Crippen LogP contribution in [0, 0.1) is 17.1 Å².